The SMILES string of the molecule is CCC(C)c1nc(NC2CCC(NC(=O)c3cccs3)CC2)c2cnn(-c3ccccc3)c2n1. The van der Waals surface area contributed by atoms with Crippen LogP contribution in [-0.2, 0) is 0 Å². The van der Waals surface area contributed by atoms with Crippen molar-refractivity contribution in [3.05, 3.63) is 64.7 Å². The van der Waals surface area contributed by atoms with E-state index < -0.39 is 0 Å². The second-order valence-corrected chi connectivity index (χ2v) is 9.96. The zero-order valence-electron chi connectivity index (χ0n) is 19.6. The number of para-hydroxylation sites is 1. The average Bonchev–Trinajstić information content (AvgIpc) is 3.56. The number of nitrogens with zero attached hydrogens (tertiary/aromatic N) is 4. The molecule has 0 spiro atoms. The molecule has 5 rings (SSSR count). The highest BCUT2D eigenvalue weighted by Crippen LogP contribution is 2.29. The van der Waals surface area contributed by atoms with Gasteiger partial charge in [-0.05, 0) is 55.7 Å². The minimum atomic E-state index is 0.0374. The Labute approximate surface area is 203 Å². The van der Waals surface area contributed by atoms with Crippen LogP contribution in [0.15, 0.2) is 54.0 Å². The number of aromatic nitrogens is 4. The predicted octanol–water partition coefficient (Wildman–Crippen LogP) is 5.54. The molecule has 1 aliphatic carbocycles. The van der Waals surface area contributed by atoms with Crippen LogP contribution in [0.25, 0.3) is 16.7 Å². The second kappa shape index (κ2) is 9.93. The van der Waals surface area contributed by atoms with E-state index >= 15 is 0 Å². The third kappa shape index (κ3) is 4.68. The van der Waals surface area contributed by atoms with Crippen LogP contribution in [0.2, 0.25) is 0 Å². The molecule has 1 fully saturated rings. The molecule has 0 aliphatic heterocycles. The van der Waals surface area contributed by atoms with E-state index in [-0.39, 0.29) is 17.9 Å². The molecule has 34 heavy (non-hydrogen) atoms. The van der Waals surface area contributed by atoms with Crippen molar-refractivity contribution in [2.75, 3.05) is 5.32 Å². The summed E-state index contributed by atoms with van der Waals surface area (Å²) in [7, 11) is 0. The van der Waals surface area contributed by atoms with Crippen molar-refractivity contribution in [2.45, 2.75) is 64.0 Å². The van der Waals surface area contributed by atoms with E-state index in [1.54, 1.807) is 0 Å². The van der Waals surface area contributed by atoms with Crippen LogP contribution in [0.5, 0.6) is 0 Å². The molecular weight excluding hydrogens is 444 g/mol. The lowest BCUT2D eigenvalue weighted by Gasteiger charge is -2.30. The van der Waals surface area contributed by atoms with Crippen LogP contribution >= 0.6 is 11.3 Å². The van der Waals surface area contributed by atoms with Gasteiger partial charge in [-0.2, -0.15) is 5.10 Å². The summed E-state index contributed by atoms with van der Waals surface area (Å²) in [6.07, 6.45) is 6.69. The third-order valence-corrected chi connectivity index (χ3v) is 7.52. The van der Waals surface area contributed by atoms with E-state index in [4.69, 9.17) is 9.97 Å². The number of thiophene rings is 1. The minimum Gasteiger partial charge on any atom is -0.367 e. The quantitative estimate of drug-likeness (QED) is 0.367. The summed E-state index contributed by atoms with van der Waals surface area (Å²) in [6.45, 7) is 4.32. The largest absolute Gasteiger partial charge is 0.367 e. The van der Waals surface area contributed by atoms with Gasteiger partial charge in [0, 0.05) is 18.0 Å². The molecule has 3 heterocycles. The first kappa shape index (κ1) is 22.5. The Morgan fingerprint density at radius 2 is 1.85 bits per heavy atom. The van der Waals surface area contributed by atoms with Crippen LogP contribution in [0.3, 0.4) is 0 Å². The fraction of sp³-hybridized carbons (Fsp3) is 0.385. The topological polar surface area (TPSA) is 84.7 Å². The van der Waals surface area contributed by atoms with Crippen molar-refractivity contribution in [1.29, 1.82) is 0 Å². The zero-order chi connectivity index (χ0) is 23.5. The summed E-state index contributed by atoms with van der Waals surface area (Å²) in [5, 5.41) is 14.4. The number of hydrogen-bond acceptors (Lipinski definition) is 6. The van der Waals surface area contributed by atoms with Gasteiger partial charge in [0.25, 0.3) is 5.91 Å². The van der Waals surface area contributed by atoms with Crippen LogP contribution < -0.4 is 10.6 Å². The summed E-state index contributed by atoms with van der Waals surface area (Å²) in [6, 6.07) is 14.4. The van der Waals surface area contributed by atoms with Crippen LogP contribution in [0.4, 0.5) is 5.82 Å². The molecule has 0 radical (unpaired) electrons. The van der Waals surface area contributed by atoms with Crippen molar-refractivity contribution >= 4 is 34.1 Å². The first-order valence-electron chi connectivity index (χ1n) is 12.0. The molecule has 176 valence electrons. The maximum absolute atomic E-state index is 12.4. The molecule has 7 nitrogen and oxygen atoms in total. The summed E-state index contributed by atoms with van der Waals surface area (Å²) >= 11 is 1.48. The van der Waals surface area contributed by atoms with Gasteiger partial charge in [0.1, 0.15) is 11.6 Å². The van der Waals surface area contributed by atoms with Crippen molar-refractivity contribution in [2.24, 2.45) is 0 Å². The zero-order valence-corrected chi connectivity index (χ0v) is 20.4. The van der Waals surface area contributed by atoms with E-state index in [0.29, 0.717) is 6.04 Å². The lowest BCUT2D eigenvalue weighted by Crippen LogP contribution is -2.40. The third-order valence-electron chi connectivity index (χ3n) is 6.65. The molecule has 0 saturated heterocycles. The number of carbonyl (C=O) groups excluding carboxylic acids is 1. The van der Waals surface area contributed by atoms with Gasteiger partial charge in [-0.25, -0.2) is 14.6 Å². The maximum atomic E-state index is 12.4. The lowest BCUT2D eigenvalue weighted by molar-refractivity contribution is 0.0930. The van der Waals surface area contributed by atoms with E-state index in [2.05, 4.69) is 29.6 Å². The summed E-state index contributed by atoms with van der Waals surface area (Å²) in [5.74, 6) is 1.99. The highest BCUT2D eigenvalue weighted by atomic mass is 32.1. The van der Waals surface area contributed by atoms with E-state index in [0.717, 1.165) is 65.3 Å². The Kier molecular flexibility index (Phi) is 6.58. The van der Waals surface area contributed by atoms with Crippen molar-refractivity contribution in [3.8, 4) is 5.69 Å². The number of benzene rings is 1. The first-order valence-corrected chi connectivity index (χ1v) is 12.9. The van der Waals surface area contributed by atoms with E-state index in [9.17, 15) is 4.79 Å². The number of anilines is 1. The molecular formula is C26H30N6OS. The molecule has 2 N–H and O–H groups in total. The van der Waals surface area contributed by atoms with Crippen LogP contribution in [-0.4, -0.2) is 37.7 Å². The normalized spacial score (nSPS) is 19.1. The number of amides is 1. The van der Waals surface area contributed by atoms with Crippen molar-refractivity contribution < 1.29 is 4.79 Å². The summed E-state index contributed by atoms with van der Waals surface area (Å²) in [4.78, 5) is 23.0. The van der Waals surface area contributed by atoms with E-state index in [1.807, 2.05) is 58.7 Å². The molecule has 3 aromatic heterocycles. The standard InChI is InChI=1S/C26H30N6OS/c1-3-17(2)23-30-24(21-16-27-32(25(21)31-23)20-8-5-4-6-9-20)28-18-11-13-19(14-12-18)29-26(33)22-10-7-15-34-22/h4-10,15-19H,3,11-14H2,1-2H3,(H,29,33)(H,28,30,31). The number of carbonyl (C=O) groups is 1. The van der Waals surface area contributed by atoms with Gasteiger partial charge in [-0.15, -0.1) is 11.3 Å². The molecule has 8 heteroatoms. The fourth-order valence-corrected chi connectivity index (χ4v) is 5.06. The molecule has 4 aromatic rings. The molecule has 0 bridgehead atoms. The maximum Gasteiger partial charge on any atom is 0.261 e. The summed E-state index contributed by atoms with van der Waals surface area (Å²) in [5.41, 5.74) is 1.81. The smallest absolute Gasteiger partial charge is 0.261 e. The number of nitrogens with one attached hydrogen (secondary N) is 2. The van der Waals surface area contributed by atoms with Crippen LogP contribution in [0, 0.1) is 0 Å². The fourth-order valence-electron chi connectivity index (χ4n) is 4.44. The highest BCUT2D eigenvalue weighted by molar-refractivity contribution is 7.12. The molecule has 1 unspecified atom stereocenters. The minimum absolute atomic E-state index is 0.0374. The Balaban J connectivity index is 1.34. The van der Waals surface area contributed by atoms with Gasteiger partial charge in [-0.1, -0.05) is 38.1 Å². The number of rotatable bonds is 7. The Morgan fingerprint density at radius 3 is 2.56 bits per heavy atom. The number of fused-ring (bicyclic) bond motifs is 1. The van der Waals surface area contributed by atoms with Gasteiger partial charge >= 0.3 is 0 Å². The Hall–Kier alpha value is -3.26. The lowest BCUT2D eigenvalue weighted by atomic mass is 9.91. The molecule has 1 atom stereocenters. The summed E-state index contributed by atoms with van der Waals surface area (Å²) < 4.78 is 1.89. The Bertz CT molecular complexity index is 1250. The van der Waals surface area contributed by atoms with Gasteiger partial charge < -0.3 is 10.6 Å². The van der Waals surface area contributed by atoms with Crippen molar-refractivity contribution in [3.63, 3.8) is 0 Å². The predicted molar refractivity (Wildman–Crippen MR) is 137 cm³/mol. The van der Waals surface area contributed by atoms with E-state index in [1.165, 1.54) is 11.3 Å². The average molecular weight is 475 g/mol. The van der Waals surface area contributed by atoms with Crippen LogP contribution in [0.1, 0.15) is 67.4 Å². The first-order chi connectivity index (χ1) is 16.6. The number of hydrogen-bond donors (Lipinski definition) is 2. The van der Waals surface area contributed by atoms with Gasteiger partial charge in [-0.3, -0.25) is 4.79 Å². The monoisotopic (exact) mass is 474 g/mol. The molecule has 1 aliphatic rings. The van der Waals surface area contributed by atoms with Gasteiger partial charge in [0.05, 0.1) is 22.1 Å². The van der Waals surface area contributed by atoms with Gasteiger partial charge in [0.2, 0.25) is 0 Å². The highest BCUT2D eigenvalue weighted by Gasteiger charge is 2.25. The molecule has 1 amide bonds. The second-order valence-electron chi connectivity index (χ2n) is 9.01. The Morgan fingerprint density at radius 1 is 1.09 bits per heavy atom. The van der Waals surface area contributed by atoms with Gasteiger partial charge in [0.15, 0.2) is 5.65 Å². The molecule has 1 saturated carbocycles. The van der Waals surface area contributed by atoms with Crippen molar-refractivity contribution in [1.82, 2.24) is 25.1 Å². The molecule has 1 aromatic carbocycles.